The summed E-state index contributed by atoms with van der Waals surface area (Å²) in [6.07, 6.45) is 3.57. The van der Waals surface area contributed by atoms with Crippen LogP contribution in [-0.4, -0.2) is 14.5 Å². The number of rotatable bonds is 3. The minimum Gasteiger partial charge on any atom is -0.322 e. The normalized spacial score (nSPS) is 11.2. The van der Waals surface area contributed by atoms with Crippen molar-refractivity contribution in [2.75, 3.05) is 0 Å². The van der Waals surface area contributed by atoms with Gasteiger partial charge in [-0.3, -0.25) is 4.98 Å². The fourth-order valence-corrected chi connectivity index (χ4v) is 3.08. The van der Waals surface area contributed by atoms with Gasteiger partial charge >= 0.3 is 0 Å². The molecule has 0 aliphatic heterocycles. The second-order valence-electron chi connectivity index (χ2n) is 4.19. The first-order valence-electron chi connectivity index (χ1n) is 5.66. The Morgan fingerprint density at radius 1 is 1.39 bits per heavy atom. The van der Waals surface area contributed by atoms with Crippen LogP contribution in [0.5, 0.6) is 0 Å². The third-order valence-electron chi connectivity index (χ3n) is 3.04. The van der Waals surface area contributed by atoms with Gasteiger partial charge in [-0.2, -0.15) is 11.3 Å². The fraction of sp³-hybridized carbons (Fsp3) is 0.231. The first kappa shape index (κ1) is 11.7. The third kappa shape index (κ3) is 1.91. The first-order chi connectivity index (χ1) is 8.79. The number of fused-ring (bicyclic) bond motifs is 1. The Morgan fingerprint density at radius 3 is 3.00 bits per heavy atom. The molecule has 3 rings (SSSR count). The number of aryl methyl sites for hydroxylation is 1. The SMILES string of the molecule is Cc1cscc1Cn1c(CCl)nc2cnccc21. The standard InChI is InChI=1S/C13H12ClN3S/c1-9-7-18-8-10(9)6-17-12-2-3-15-5-11(12)16-13(17)4-14/h2-3,5,7-8H,4,6H2,1H3. The van der Waals surface area contributed by atoms with E-state index in [1.165, 1.54) is 11.1 Å². The summed E-state index contributed by atoms with van der Waals surface area (Å²) < 4.78 is 2.17. The van der Waals surface area contributed by atoms with Gasteiger partial charge in [0, 0.05) is 6.20 Å². The van der Waals surface area contributed by atoms with Gasteiger partial charge in [-0.05, 0) is 34.9 Å². The molecule has 3 heterocycles. The van der Waals surface area contributed by atoms with Crippen molar-refractivity contribution < 1.29 is 0 Å². The highest BCUT2D eigenvalue weighted by Gasteiger charge is 2.11. The van der Waals surface area contributed by atoms with E-state index in [9.17, 15) is 0 Å². The zero-order chi connectivity index (χ0) is 12.5. The maximum Gasteiger partial charge on any atom is 0.125 e. The molecule has 0 unspecified atom stereocenters. The number of nitrogens with zero attached hydrogens (tertiary/aromatic N) is 3. The Bertz CT molecular complexity index is 686. The first-order valence-corrected chi connectivity index (χ1v) is 7.14. The van der Waals surface area contributed by atoms with Crippen LogP contribution in [0.3, 0.4) is 0 Å². The maximum absolute atomic E-state index is 5.98. The van der Waals surface area contributed by atoms with Gasteiger partial charge in [-0.15, -0.1) is 11.6 Å². The zero-order valence-corrected chi connectivity index (χ0v) is 11.5. The van der Waals surface area contributed by atoms with Gasteiger partial charge in [0.05, 0.1) is 24.1 Å². The van der Waals surface area contributed by atoms with Crippen molar-refractivity contribution in [3.63, 3.8) is 0 Å². The number of thiophene rings is 1. The van der Waals surface area contributed by atoms with Crippen molar-refractivity contribution in [3.05, 3.63) is 46.2 Å². The van der Waals surface area contributed by atoms with Crippen LogP contribution in [0.25, 0.3) is 11.0 Å². The topological polar surface area (TPSA) is 30.7 Å². The fourth-order valence-electron chi connectivity index (χ4n) is 2.03. The van der Waals surface area contributed by atoms with Crippen molar-refractivity contribution in [2.24, 2.45) is 0 Å². The van der Waals surface area contributed by atoms with Crippen LogP contribution >= 0.6 is 22.9 Å². The smallest absolute Gasteiger partial charge is 0.125 e. The summed E-state index contributed by atoms with van der Waals surface area (Å²) >= 11 is 7.71. The third-order valence-corrected chi connectivity index (χ3v) is 4.19. The van der Waals surface area contributed by atoms with Gasteiger partial charge in [0.2, 0.25) is 0 Å². The number of alkyl halides is 1. The zero-order valence-electron chi connectivity index (χ0n) is 9.93. The monoisotopic (exact) mass is 277 g/mol. The molecule has 92 valence electrons. The van der Waals surface area contributed by atoms with E-state index < -0.39 is 0 Å². The molecule has 3 aromatic rings. The average molecular weight is 278 g/mol. The highest BCUT2D eigenvalue weighted by Crippen LogP contribution is 2.21. The van der Waals surface area contributed by atoms with Crippen LogP contribution in [0.1, 0.15) is 17.0 Å². The van der Waals surface area contributed by atoms with E-state index >= 15 is 0 Å². The molecule has 0 aliphatic rings. The number of halogens is 1. The quantitative estimate of drug-likeness (QED) is 0.685. The van der Waals surface area contributed by atoms with E-state index in [-0.39, 0.29) is 0 Å². The van der Waals surface area contributed by atoms with E-state index in [0.29, 0.717) is 5.88 Å². The lowest BCUT2D eigenvalue weighted by Crippen LogP contribution is -2.03. The maximum atomic E-state index is 5.98. The van der Waals surface area contributed by atoms with Crippen molar-refractivity contribution in [3.8, 4) is 0 Å². The second-order valence-corrected chi connectivity index (χ2v) is 5.20. The number of hydrogen-bond donors (Lipinski definition) is 0. The van der Waals surface area contributed by atoms with Crippen LogP contribution in [0, 0.1) is 6.92 Å². The molecule has 0 fully saturated rings. The van der Waals surface area contributed by atoms with Crippen molar-refractivity contribution in [2.45, 2.75) is 19.3 Å². The molecule has 0 bridgehead atoms. The van der Waals surface area contributed by atoms with E-state index in [1.54, 1.807) is 23.7 Å². The van der Waals surface area contributed by atoms with Crippen LogP contribution < -0.4 is 0 Å². The molecule has 5 heteroatoms. The highest BCUT2D eigenvalue weighted by molar-refractivity contribution is 7.08. The summed E-state index contributed by atoms with van der Waals surface area (Å²) in [5, 5.41) is 4.34. The van der Waals surface area contributed by atoms with Crippen LogP contribution in [0.2, 0.25) is 0 Å². The Kier molecular flexibility index (Phi) is 3.06. The lowest BCUT2D eigenvalue weighted by Gasteiger charge is -2.07. The summed E-state index contributed by atoms with van der Waals surface area (Å²) in [7, 11) is 0. The average Bonchev–Trinajstić information content (AvgIpc) is 2.95. The molecule has 0 radical (unpaired) electrons. The van der Waals surface area contributed by atoms with Crippen LogP contribution in [-0.2, 0) is 12.4 Å². The summed E-state index contributed by atoms with van der Waals surface area (Å²) in [5.41, 5.74) is 4.63. The summed E-state index contributed by atoms with van der Waals surface area (Å²) in [5.74, 6) is 1.31. The largest absolute Gasteiger partial charge is 0.322 e. The molecule has 0 saturated heterocycles. The molecule has 3 aromatic heterocycles. The molecule has 0 N–H and O–H groups in total. The molecule has 18 heavy (non-hydrogen) atoms. The molecular formula is C13H12ClN3S. The minimum atomic E-state index is 0.415. The number of hydrogen-bond acceptors (Lipinski definition) is 3. The van der Waals surface area contributed by atoms with Gasteiger partial charge in [0.1, 0.15) is 11.3 Å². The number of pyridine rings is 1. The Balaban J connectivity index is 2.12. The second kappa shape index (κ2) is 4.71. The van der Waals surface area contributed by atoms with Gasteiger partial charge in [0.25, 0.3) is 0 Å². The van der Waals surface area contributed by atoms with Crippen LogP contribution in [0.4, 0.5) is 0 Å². The molecule has 0 atom stereocenters. The molecule has 0 spiro atoms. The predicted molar refractivity (Wildman–Crippen MR) is 75.2 cm³/mol. The summed E-state index contributed by atoms with van der Waals surface area (Å²) in [6, 6.07) is 1.99. The molecular weight excluding hydrogens is 266 g/mol. The van der Waals surface area contributed by atoms with Crippen LogP contribution in [0.15, 0.2) is 29.2 Å². The number of imidazole rings is 1. The Hall–Kier alpha value is -1.39. The summed E-state index contributed by atoms with van der Waals surface area (Å²) in [4.78, 5) is 8.61. The van der Waals surface area contributed by atoms with E-state index in [4.69, 9.17) is 11.6 Å². The van der Waals surface area contributed by atoms with Gasteiger partial charge in [0.15, 0.2) is 0 Å². The minimum absolute atomic E-state index is 0.415. The molecule has 3 nitrogen and oxygen atoms in total. The molecule has 0 amide bonds. The predicted octanol–water partition coefficient (Wildman–Crippen LogP) is 3.59. The van der Waals surface area contributed by atoms with Gasteiger partial charge in [-0.25, -0.2) is 4.98 Å². The number of aromatic nitrogens is 3. The Labute approximate surface area is 114 Å². The lowest BCUT2D eigenvalue weighted by atomic mass is 10.2. The van der Waals surface area contributed by atoms with E-state index in [0.717, 1.165) is 23.4 Å². The van der Waals surface area contributed by atoms with Crippen molar-refractivity contribution >= 4 is 34.0 Å². The van der Waals surface area contributed by atoms with Gasteiger partial charge in [-0.1, -0.05) is 0 Å². The molecule has 0 saturated carbocycles. The van der Waals surface area contributed by atoms with Gasteiger partial charge < -0.3 is 4.57 Å². The Morgan fingerprint density at radius 2 is 2.28 bits per heavy atom. The molecule has 0 aliphatic carbocycles. The van der Waals surface area contributed by atoms with Crippen molar-refractivity contribution in [1.29, 1.82) is 0 Å². The van der Waals surface area contributed by atoms with E-state index in [1.807, 2.05) is 6.07 Å². The summed E-state index contributed by atoms with van der Waals surface area (Å²) in [6.45, 7) is 2.95. The highest BCUT2D eigenvalue weighted by atomic mass is 35.5. The van der Waals surface area contributed by atoms with E-state index in [2.05, 4.69) is 32.2 Å². The molecule has 0 aromatic carbocycles. The van der Waals surface area contributed by atoms with Crippen molar-refractivity contribution in [1.82, 2.24) is 14.5 Å². The lowest BCUT2D eigenvalue weighted by molar-refractivity contribution is 0.777.